The molecule has 3 heteroatoms. The van der Waals surface area contributed by atoms with E-state index in [1.165, 1.54) is 64.2 Å². The largest absolute Gasteiger partial charge is 0.354 e. The van der Waals surface area contributed by atoms with Crippen molar-refractivity contribution in [2.75, 3.05) is 6.54 Å². The summed E-state index contributed by atoms with van der Waals surface area (Å²) in [4.78, 5) is 4.91. The average Bonchev–Trinajstić information content (AvgIpc) is 2.47. The molecule has 3 nitrogen and oxygen atoms in total. The topological polar surface area (TPSA) is 36.4 Å². The zero-order valence-corrected chi connectivity index (χ0v) is 12.2. The SMILES string of the molecule is C=CCN/C(=N/C1CCCCC1)NC1CCCCC1. The zero-order chi connectivity index (χ0) is 13.3. The van der Waals surface area contributed by atoms with Gasteiger partial charge in [-0.25, -0.2) is 4.99 Å². The lowest BCUT2D eigenvalue weighted by Crippen LogP contribution is -2.45. The predicted molar refractivity (Wildman–Crippen MR) is 82.5 cm³/mol. The Morgan fingerprint density at radius 1 is 1.00 bits per heavy atom. The monoisotopic (exact) mass is 263 g/mol. The Hall–Kier alpha value is -0.990. The Balaban J connectivity index is 1.88. The van der Waals surface area contributed by atoms with Gasteiger partial charge in [0, 0.05) is 12.6 Å². The van der Waals surface area contributed by atoms with E-state index in [-0.39, 0.29) is 0 Å². The summed E-state index contributed by atoms with van der Waals surface area (Å²) in [7, 11) is 0. The van der Waals surface area contributed by atoms with E-state index in [2.05, 4.69) is 17.2 Å². The fourth-order valence-corrected chi connectivity index (χ4v) is 3.14. The number of hydrogen-bond acceptors (Lipinski definition) is 1. The van der Waals surface area contributed by atoms with Gasteiger partial charge in [-0.2, -0.15) is 0 Å². The van der Waals surface area contributed by atoms with Crippen LogP contribution in [0.25, 0.3) is 0 Å². The van der Waals surface area contributed by atoms with Crippen molar-refractivity contribution in [3.8, 4) is 0 Å². The van der Waals surface area contributed by atoms with Crippen molar-refractivity contribution >= 4 is 5.96 Å². The van der Waals surface area contributed by atoms with Crippen LogP contribution in [0.1, 0.15) is 64.2 Å². The molecule has 0 spiro atoms. The smallest absolute Gasteiger partial charge is 0.192 e. The van der Waals surface area contributed by atoms with Gasteiger partial charge in [0.25, 0.3) is 0 Å². The Morgan fingerprint density at radius 3 is 2.26 bits per heavy atom. The van der Waals surface area contributed by atoms with Crippen LogP contribution in [0.2, 0.25) is 0 Å². The van der Waals surface area contributed by atoms with Gasteiger partial charge in [-0.3, -0.25) is 0 Å². The van der Waals surface area contributed by atoms with Crippen molar-refractivity contribution in [2.24, 2.45) is 4.99 Å². The van der Waals surface area contributed by atoms with Gasteiger partial charge >= 0.3 is 0 Å². The molecule has 0 heterocycles. The summed E-state index contributed by atoms with van der Waals surface area (Å²) in [6.45, 7) is 4.58. The number of nitrogens with zero attached hydrogens (tertiary/aromatic N) is 1. The van der Waals surface area contributed by atoms with E-state index in [0.29, 0.717) is 12.1 Å². The molecule has 2 N–H and O–H groups in total. The van der Waals surface area contributed by atoms with Crippen LogP contribution in [0.4, 0.5) is 0 Å². The molecular formula is C16H29N3. The molecule has 108 valence electrons. The molecule has 0 aliphatic heterocycles. The van der Waals surface area contributed by atoms with Crippen molar-refractivity contribution in [1.29, 1.82) is 0 Å². The summed E-state index contributed by atoms with van der Waals surface area (Å²) in [5.74, 6) is 1.01. The van der Waals surface area contributed by atoms with Crippen LogP contribution in [0.5, 0.6) is 0 Å². The van der Waals surface area contributed by atoms with Crippen molar-refractivity contribution in [1.82, 2.24) is 10.6 Å². The normalized spacial score (nSPS) is 23.1. The Labute approximate surface area is 118 Å². The molecular weight excluding hydrogens is 234 g/mol. The number of guanidine groups is 1. The minimum Gasteiger partial charge on any atom is -0.354 e. The predicted octanol–water partition coefficient (Wildman–Crippen LogP) is 3.37. The summed E-state index contributed by atoms with van der Waals surface area (Å²) in [6.07, 6.45) is 15.2. The van der Waals surface area contributed by atoms with E-state index >= 15 is 0 Å². The Morgan fingerprint density at radius 2 is 1.63 bits per heavy atom. The first kappa shape index (κ1) is 14.4. The van der Waals surface area contributed by atoms with Gasteiger partial charge in [0.2, 0.25) is 0 Å². The molecule has 0 unspecified atom stereocenters. The van der Waals surface area contributed by atoms with Crippen LogP contribution in [0.3, 0.4) is 0 Å². The van der Waals surface area contributed by atoms with Gasteiger partial charge in [0.05, 0.1) is 6.04 Å². The maximum atomic E-state index is 4.91. The maximum absolute atomic E-state index is 4.91. The van der Waals surface area contributed by atoms with Gasteiger partial charge in [-0.1, -0.05) is 44.6 Å². The lowest BCUT2D eigenvalue weighted by molar-refractivity contribution is 0.405. The first-order chi connectivity index (χ1) is 9.38. The van der Waals surface area contributed by atoms with E-state index in [0.717, 1.165) is 12.5 Å². The summed E-state index contributed by atoms with van der Waals surface area (Å²) in [6, 6.07) is 1.14. The molecule has 0 bridgehead atoms. The van der Waals surface area contributed by atoms with Crippen LogP contribution >= 0.6 is 0 Å². The summed E-state index contributed by atoms with van der Waals surface area (Å²) >= 11 is 0. The van der Waals surface area contributed by atoms with Crippen molar-refractivity contribution in [3.05, 3.63) is 12.7 Å². The van der Waals surface area contributed by atoms with Gasteiger partial charge in [0.1, 0.15) is 0 Å². The fourth-order valence-electron chi connectivity index (χ4n) is 3.14. The van der Waals surface area contributed by atoms with Crippen molar-refractivity contribution < 1.29 is 0 Å². The zero-order valence-electron chi connectivity index (χ0n) is 12.2. The van der Waals surface area contributed by atoms with E-state index < -0.39 is 0 Å². The highest BCUT2D eigenvalue weighted by atomic mass is 15.2. The van der Waals surface area contributed by atoms with Crippen LogP contribution in [0.15, 0.2) is 17.6 Å². The second-order valence-corrected chi connectivity index (χ2v) is 5.92. The molecule has 19 heavy (non-hydrogen) atoms. The van der Waals surface area contributed by atoms with Gasteiger partial charge in [0.15, 0.2) is 5.96 Å². The lowest BCUT2D eigenvalue weighted by atomic mass is 9.95. The van der Waals surface area contributed by atoms with Gasteiger partial charge in [-0.15, -0.1) is 6.58 Å². The molecule has 2 rings (SSSR count). The minimum absolute atomic E-state index is 0.525. The maximum Gasteiger partial charge on any atom is 0.192 e. The summed E-state index contributed by atoms with van der Waals surface area (Å²) in [5.41, 5.74) is 0. The average molecular weight is 263 g/mol. The Bertz CT molecular complexity index is 286. The van der Waals surface area contributed by atoms with E-state index in [4.69, 9.17) is 4.99 Å². The molecule has 0 saturated heterocycles. The lowest BCUT2D eigenvalue weighted by Gasteiger charge is -2.26. The molecule has 2 aliphatic carbocycles. The van der Waals surface area contributed by atoms with Gasteiger partial charge in [-0.05, 0) is 25.7 Å². The number of aliphatic imine (C=N–C) groups is 1. The Kier molecular flexibility index (Phi) is 6.25. The second kappa shape index (κ2) is 8.23. The highest BCUT2D eigenvalue weighted by Gasteiger charge is 2.17. The molecule has 0 radical (unpaired) electrons. The molecule has 0 aromatic rings. The first-order valence-corrected chi connectivity index (χ1v) is 8.07. The van der Waals surface area contributed by atoms with Crippen molar-refractivity contribution in [2.45, 2.75) is 76.3 Å². The third-order valence-corrected chi connectivity index (χ3v) is 4.25. The quantitative estimate of drug-likeness (QED) is 0.463. The highest BCUT2D eigenvalue weighted by molar-refractivity contribution is 5.80. The highest BCUT2D eigenvalue weighted by Crippen LogP contribution is 2.21. The third-order valence-electron chi connectivity index (χ3n) is 4.25. The molecule has 2 saturated carbocycles. The summed E-state index contributed by atoms with van der Waals surface area (Å²) < 4.78 is 0. The van der Waals surface area contributed by atoms with E-state index in [1.54, 1.807) is 0 Å². The standard InChI is InChI=1S/C16H29N3/c1-2-13-17-16(18-14-9-5-3-6-10-14)19-15-11-7-4-8-12-15/h2,14-15H,1,3-13H2,(H2,17,18,19). The van der Waals surface area contributed by atoms with Crippen LogP contribution in [-0.4, -0.2) is 24.6 Å². The van der Waals surface area contributed by atoms with Gasteiger partial charge < -0.3 is 10.6 Å². The van der Waals surface area contributed by atoms with Crippen molar-refractivity contribution in [3.63, 3.8) is 0 Å². The number of hydrogen-bond donors (Lipinski definition) is 2. The molecule has 0 aromatic carbocycles. The molecule has 2 aliphatic rings. The molecule has 0 amide bonds. The van der Waals surface area contributed by atoms with Crippen LogP contribution in [-0.2, 0) is 0 Å². The second-order valence-electron chi connectivity index (χ2n) is 5.92. The van der Waals surface area contributed by atoms with Crippen LogP contribution < -0.4 is 10.6 Å². The first-order valence-electron chi connectivity index (χ1n) is 8.07. The van der Waals surface area contributed by atoms with Crippen LogP contribution in [0, 0.1) is 0 Å². The third kappa shape index (κ3) is 5.25. The molecule has 0 atom stereocenters. The summed E-state index contributed by atoms with van der Waals surface area (Å²) in [5, 5.41) is 7.01. The fraction of sp³-hybridized carbons (Fsp3) is 0.812. The minimum atomic E-state index is 0.525. The number of nitrogens with one attached hydrogen (secondary N) is 2. The van der Waals surface area contributed by atoms with E-state index in [9.17, 15) is 0 Å². The molecule has 0 aromatic heterocycles. The van der Waals surface area contributed by atoms with E-state index in [1.807, 2.05) is 6.08 Å². The number of rotatable bonds is 4. The molecule has 2 fully saturated rings.